The van der Waals surface area contributed by atoms with Crippen LogP contribution < -0.4 is 10.2 Å². The fourth-order valence-corrected chi connectivity index (χ4v) is 2.88. The Balaban J connectivity index is 1.91. The molecule has 1 N–H and O–H groups in total. The molecule has 2 rings (SSSR count). The molecule has 0 aromatic heterocycles. The number of nitrogens with one attached hydrogen (secondary N) is 1. The molecule has 1 saturated heterocycles. The van der Waals surface area contributed by atoms with E-state index in [0.29, 0.717) is 0 Å². The van der Waals surface area contributed by atoms with Crippen LogP contribution in [0.15, 0.2) is 24.3 Å². The Kier molecular flexibility index (Phi) is 5.48. The zero-order chi connectivity index (χ0) is 15.4. The van der Waals surface area contributed by atoms with E-state index in [9.17, 15) is 4.79 Å². The molecule has 1 aliphatic heterocycles. The van der Waals surface area contributed by atoms with E-state index in [-0.39, 0.29) is 18.0 Å². The first-order valence-electron chi connectivity index (χ1n) is 7.53. The van der Waals surface area contributed by atoms with E-state index in [1.54, 1.807) is 0 Å². The second-order valence-corrected chi connectivity index (χ2v) is 6.22. The van der Waals surface area contributed by atoms with Crippen LogP contribution in [0, 0.1) is 0 Å². The van der Waals surface area contributed by atoms with Gasteiger partial charge in [-0.05, 0) is 32.9 Å². The van der Waals surface area contributed by atoms with Crippen LogP contribution in [0.25, 0.3) is 0 Å². The van der Waals surface area contributed by atoms with E-state index in [4.69, 9.17) is 11.6 Å². The van der Waals surface area contributed by atoms with Crippen LogP contribution in [-0.4, -0.2) is 49.1 Å². The Bertz CT molecular complexity index is 484. The summed E-state index contributed by atoms with van der Waals surface area (Å²) in [6, 6.07) is 8.02. The standard InChI is InChI=1S/C16H24ClN3O/c1-12(2)18-16(21)13(3)19-8-10-20(11-9-19)15-7-5-4-6-14(15)17/h4-7,12-13H,8-11H2,1-3H3,(H,18,21)/t13-/m1/s1. The zero-order valence-corrected chi connectivity index (χ0v) is 13.7. The minimum atomic E-state index is -0.0826. The maximum Gasteiger partial charge on any atom is 0.237 e. The van der Waals surface area contributed by atoms with Crippen molar-refractivity contribution >= 4 is 23.2 Å². The quantitative estimate of drug-likeness (QED) is 0.927. The van der Waals surface area contributed by atoms with Gasteiger partial charge in [-0.1, -0.05) is 23.7 Å². The molecule has 0 bridgehead atoms. The second-order valence-electron chi connectivity index (χ2n) is 5.81. The van der Waals surface area contributed by atoms with Crippen molar-refractivity contribution in [3.05, 3.63) is 29.3 Å². The summed E-state index contributed by atoms with van der Waals surface area (Å²) in [5, 5.41) is 3.76. The van der Waals surface area contributed by atoms with Gasteiger partial charge in [0.25, 0.3) is 0 Å². The molecule has 0 unspecified atom stereocenters. The van der Waals surface area contributed by atoms with Crippen LogP contribution in [0.2, 0.25) is 5.02 Å². The van der Waals surface area contributed by atoms with E-state index in [1.165, 1.54) is 0 Å². The molecule has 1 aromatic carbocycles. The minimum absolute atomic E-state index is 0.0826. The van der Waals surface area contributed by atoms with E-state index >= 15 is 0 Å². The average Bonchev–Trinajstić information content (AvgIpc) is 2.46. The maximum atomic E-state index is 12.1. The Morgan fingerprint density at radius 1 is 1.14 bits per heavy atom. The molecule has 1 amide bonds. The first-order chi connectivity index (χ1) is 9.99. The Labute approximate surface area is 132 Å². The van der Waals surface area contributed by atoms with Crippen molar-refractivity contribution < 1.29 is 4.79 Å². The summed E-state index contributed by atoms with van der Waals surface area (Å²) in [4.78, 5) is 16.6. The molecule has 4 nitrogen and oxygen atoms in total. The summed E-state index contributed by atoms with van der Waals surface area (Å²) in [5.74, 6) is 0.108. The molecular formula is C16H24ClN3O. The Hall–Kier alpha value is -1.26. The maximum absolute atomic E-state index is 12.1. The number of carbonyl (C=O) groups excluding carboxylic acids is 1. The molecular weight excluding hydrogens is 286 g/mol. The number of nitrogens with zero attached hydrogens (tertiary/aromatic N) is 2. The van der Waals surface area contributed by atoms with Gasteiger partial charge in [-0.15, -0.1) is 0 Å². The predicted molar refractivity (Wildman–Crippen MR) is 88.0 cm³/mol. The highest BCUT2D eigenvalue weighted by atomic mass is 35.5. The number of para-hydroxylation sites is 1. The van der Waals surface area contributed by atoms with Crippen molar-refractivity contribution in [3.8, 4) is 0 Å². The van der Waals surface area contributed by atoms with Gasteiger partial charge >= 0.3 is 0 Å². The summed E-state index contributed by atoms with van der Waals surface area (Å²) < 4.78 is 0. The number of carbonyl (C=O) groups is 1. The lowest BCUT2D eigenvalue weighted by atomic mass is 10.2. The molecule has 0 saturated carbocycles. The SMILES string of the molecule is CC(C)NC(=O)[C@@H](C)N1CCN(c2ccccc2Cl)CC1. The summed E-state index contributed by atoms with van der Waals surface area (Å²) in [7, 11) is 0. The van der Waals surface area contributed by atoms with Crippen molar-refractivity contribution in [3.63, 3.8) is 0 Å². The fraction of sp³-hybridized carbons (Fsp3) is 0.562. The summed E-state index contributed by atoms with van der Waals surface area (Å²) in [5.41, 5.74) is 1.08. The topological polar surface area (TPSA) is 35.6 Å². The molecule has 116 valence electrons. The molecule has 1 heterocycles. The van der Waals surface area contributed by atoms with Gasteiger partial charge in [-0.25, -0.2) is 0 Å². The largest absolute Gasteiger partial charge is 0.368 e. The van der Waals surface area contributed by atoms with Crippen LogP contribution in [0.4, 0.5) is 5.69 Å². The third-order valence-corrected chi connectivity index (χ3v) is 4.19. The van der Waals surface area contributed by atoms with E-state index in [2.05, 4.69) is 15.1 Å². The zero-order valence-electron chi connectivity index (χ0n) is 13.0. The number of halogens is 1. The van der Waals surface area contributed by atoms with Gasteiger partial charge in [-0.3, -0.25) is 9.69 Å². The molecule has 0 spiro atoms. The number of hydrogen-bond acceptors (Lipinski definition) is 3. The third kappa shape index (κ3) is 4.11. The van der Waals surface area contributed by atoms with Crippen LogP contribution in [0.1, 0.15) is 20.8 Å². The third-order valence-electron chi connectivity index (χ3n) is 3.87. The Morgan fingerprint density at radius 3 is 2.33 bits per heavy atom. The lowest BCUT2D eigenvalue weighted by Crippen LogP contribution is -2.54. The van der Waals surface area contributed by atoms with Crippen LogP contribution >= 0.6 is 11.6 Å². The number of piperazine rings is 1. The van der Waals surface area contributed by atoms with Gasteiger partial charge in [-0.2, -0.15) is 0 Å². The first-order valence-corrected chi connectivity index (χ1v) is 7.90. The van der Waals surface area contributed by atoms with Gasteiger partial charge in [0.05, 0.1) is 16.8 Å². The highest BCUT2D eigenvalue weighted by Crippen LogP contribution is 2.26. The van der Waals surface area contributed by atoms with Crippen LogP contribution in [0.5, 0.6) is 0 Å². The first kappa shape index (κ1) is 16.1. The lowest BCUT2D eigenvalue weighted by Gasteiger charge is -2.39. The van der Waals surface area contributed by atoms with Gasteiger partial charge in [0.2, 0.25) is 5.91 Å². The van der Waals surface area contributed by atoms with Crippen LogP contribution in [-0.2, 0) is 4.79 Å². The number of amides is 1. The van der Waals surface area contributed by atoms with Crippen molar-refractivity contribution in [1.29, 1.82) is 0 Å². The number of rotatable bonds is 4. The molecule has 1 atom stereocenters. The van der Waals surface area contributed by atoms with Crippen molar-refractivity contribution in [1.82, 2.24) is 10.2 Å². The van der Waals surface area contributed by atoms with Crippen molar-refractivity contribution in [2.45, 2.75) is 32.9 Å². The van der Waals surface area contributed by atoms with Gasteiger partial charge in [0.15, 0.2) is 0 Å². The highest BCUT2D eigenvalue weighted by molar-refractivity contribution is 6.33. The molecule has 1 aliphatic rings. The van der Waals surface area contributed by atoms with E-state index in [0.717, 1.165) is 36.9 Å². The summed E-state index contributed by atoms with van der Waals surface area (Å²) in [6.45, 7) is 9.48. The van der Waals surface area contributed by atoms with E-state index < -0.39 is 0 Å². The average molecular weight is 310 g/mol. The van der Waals surface area contributed by atoms with Crippen molar-refractivity contribution in [2.75, 3.05) is 31.1 Å². The Morgan fingerprint density at radius 2 is 1.76 bits per heavy atom. The molecule has 1 aromatic rings. The molecule has 5 heteroatoms. The summed E-state index contributed by atoms with van der Waals surface area (Å²) >= 11 is 6.24. The number of hydrogen-bond donors (Lipinski definition) is 1. The second kappa shape index (κ2) is 7.14. The van der Waals surface area contributed by atoms with Gasteiger partial charge < -0.3 is 10.2 Å². The molecule has 1 fully saturated rings. The lowest BCUT2D eigenvalue weighted by molar-refractivity contribution is -0.126. The monoisotopic (exact) mass is 309 g/mol. The molecule has 0 radical (unpaired) electrons. The van der Waals surface area contributed by atoms with E-state index in [1.807, 2.05) is 45.0 Å². The number of benzene rings is 1. The highest BCUT2D eigenvalue weighted by Gasteiger charge is 2.26. The van der Waals surface area contributed by atoms with Crippen LogP contribution in [0.3, 0.4) is 0 Å². The fourth-order valence-electron chi connectivity index (χ4n) is 2.63. The smallest absolute Gasteiger partial charge is 0.237 e. The predicted octanol–water partition coefficient (Wildman–Crippen LogP) is 2.38. The molecule has 21 heavy (non-hydrogen) atoms. The van der Waals surface area contributed by atoms with Crippen molar-refractivity contribution in [2.24, 2.45) is 0 Å². The number of anilines is 1. The van der Waals surface area contributed by atoms with Gasteiger partial charge in [0.1, 0.15) is 0 Å². The summed E-state index contributed by atoms with van der Waals surface area (Å²) in [6.07, 6.45) is 0. The molecule has 0 aliphatic carbocycles. The normalized spacial score (nSPS) is 17.9. The minimum Gasteiger partial charge on any atom is -0.368 e. The van der Waals surface area contributed by atoms with Gasteiger partial charge in [0, 0.05) is 32.2 Å².